The second-order valence-corrected chi connectivity index (χ2v) is 5.48. The number of nitrogens with zero attached hydrogens (tertiary/aromatic N) is 3. The van der Waals surface area contributed by atoms with Gasteiger partial charge in [0, 0.05) is 12.6 Å². The topological polar surface area (TPSA) is 102 Å². The Morgan fingerprint density at radius 2 is 2.40 bits per heavy atom. The molecule has 1 atom stereocenters. The second-order valence-electron chi connectivity index (χ2n) is 5.48. The largest absolute Gasteiger partial charge is 0.350 e. The molecule has 1 aliphatic heterocycles. The lowest BCUT2D eigenvalue weighted by atomic mass is 10.0. The van der Waals surface area contributed by atoms with Crippen molar-refractivity contribution >= 4 is 11.6 Å². The lowest BCUT2D eigenvalue weighted by Crippen LogP contribution is -2.52. The van der Waals surface area contributed by atoms with E-state index in [0.717, 1.165) is 32.1 Å². The molecule has 20 heavy (non-hydrogen) atoms. The van der Waals surface area contributed by atoms with Crippen LogP contribution in [0.4, 0.5) is 5.69 Å². The van der Waals surface area contributed by atoms with Crippen molar-refractivity contribution in [3.8, 4) is 0 Å². The van der Waals surface area contributed by atoms with Crippen molar-refractivity contribution < 1.29 is 9.72 Å². The minimum Gasteiger partial charge on any atom is -0.350 e. The lowest BCUT2D eigenvalue weighted by molar-refractivity contribution is -0.385. The van der Waals surface area contributed by atoms with E-state index in [1.165, 1.54) is 10.9 Å². The van der Waals surface area contributed by atoms with Gasteiger partial charge in [0.1, 0.15) is 17.9 Å². The van der Waals surface area contributed by atoms with Crippen molar-refractivity contribution in [3.05, 3.63) is 22.5 Å². The van der Waals surface area contributed by atoms with Gasteiger partial charge in [0.15, 0.2) is 0 Å². The van der Waals surface area contributed by atoms with Crippen LogP contribution in [-0.4, -0.2) is 39.7 Å². The van der Waals surface area contributed by atoms with Crippen LogP contribution in [-0.2, 0) is 10.3 Å². The Labute approximate surface area is 116 Å². The fourth-order valence-electron chi connectivity index (χ4n) is 2.15. The minimum absolute atomic E-state index is 0.0982. The minimum atomic E-state index is -0.967. The third-order valence-corrected chi connectivity index (χ3v) is 3.54. The quantitative estimate of drug-likeness (QED) is 0.614. The van der Waals surface area contributed by atoms with Gasteiger partial charge in [-0.15, -0.1) is 0 Å². The van der Waals surface area contributed by atoms with Crippen molar-refractivity contribution in [1.82, 2.24) is 20.4 Å². The Morgan fingerprint density at radius 3 is 2.95 bits per heavy atom. The number of nitro groups is 1. The van der Waals surface area contributed by atoms with Crippen molar-refractivity contribution in [2.24, 2.45) is 0 Å². The van der Waals surface area contributed by atoms with Gasteiger partial charge < -0.3 is 10.6 Å². The standard InChI is InChI=1S/C12H19N5O3/c1-12(2,16-8-10(7-14-16)17(19)20)11(18)15-9-4-3-5-13-6-9/h7-9,13H,3-6H2,1-2H3,(H,15,18)/t9-/m0/s1. The summed E-state index contributed by atoms with van der Waals surface area (Å²) in [5.41, 5.74) is -1.09. The lowest BCUT2D eigenvalue weighted by Gasteiger charge is -2.29. The van der Waals surface area contributed by atoms with Crippen molar-refractivity contribution in [1.29, 1.82) is 0 Å². The first kappa shape index (κ1) is 14.4. The van der Waals surface area contributed by atoms with Gasteiger partial charge in [-0.1, -0.05) is 0 Å². The molecule has 1 aliphatic rings. The molecule has 1 aromatic heterocycles. The van der Waals surface area contributed by atoms with Gasteiger partial charge in [-0.3, -0.25) is 19.6 Å². The Kier molecular flexibility index (Phi) is 4.03. The summed E-state index contributed by atoms with van der Waals surface area (Å²) >= 11 is 0. The number of hydrogen-bond donors (Lipinski definition) is 2. The molecular formula is C12H19N5O3. The van der Waals surface area contributed by atoms with E-state index < -0.39 is 10.5 Å². The molecule has 0 spiro atoms. The smallest absolute Gasteiger partial charge is 0.307 e. The number of aromatic nitrogens is 2. The molecule has 2 N–H and O–H groups in total. The SMILES string of the molecule is CC(C)(C(=O)N[C@H]1CCCNC1)n1cc([N+](=O)[O-])cn1. The zero-order valence-electron chi connectivity index (χ0n) is 11.6. The van der Waals surface area contributed by atoms with E-state index in [9.17, 15) is 14.9 Å². The molecule has 2 rings (SSSR count). The molecule has 0 radical (unpaired) electrons. The van der Waals surface area contributed by atoms with Crippen LogP contribution < -0.4 is 10.6 Å². The summed E-state index contributed by atoms with van der Waals surface area (Å²) in [5.74, 6) is -0.191. The maximum absolute atomic E-state index is 12.3. The molecule has 1 aromatic rings. The van der Waals surface area contributed by atoms with Crippen LogP contribution >= 0.6 is 0 Å². The average Bonchev–Trinajstić information content (AvgIpc) is 2.90. The van der Waals surface area contributed by atoms with Gasteiger partial charge in [-0.2, -0.15) is 5.10 Å². The molecule has 1 fully saturated rings. The van der Waals surface area contributed by atoms with Gasteiger partial charge in [0.2, 0.25) is 5.91 Å². The Bertz CT molecular complexity index is 505. The number of piperidine rings is 1. The fraction of sp³-hybridized carbons (Fsp3) is 0.667. The van der Waals surface area contributed by atoms with Crippen LogP contribution in [0.25, 0.3) is 0 Å². The van der Waals surface area contributed by atoms with Crippen LogP contribution in [0.15, 0.2) is 12.4 Å². The number of carbonyl (C=O) groups is 1. The molecule has 0 bridgehead atoms. The van der Waals surface area contributed by atoms with Crippen molar-refractivity contribution in [3.63, 3.8) is 0 Å². The molecule has 1 saturated heterocycles. The summed E-state index contributed by atoms with van der Waals surface area (Å²) in [5, 5.41) is 20.8. The second kappa shape index (κ2) is 5.58. The van der Waals surface area contributed by atoms with Crippen LogP contribution in [0.5, 0.6) is 0 Å². The first-order chi connectivity index (χ1) is 9.41. The molecule has 0 aromatic carbocycles. The van der Waals surface area contributed by atoms with Crippen LogP contribution in [0.3, 0.4) is 0 Å². The van der Waals surface area contributed by atoms with E-state index in [-0.39, 0.29) is 17.6 Å². The van der Waals surface area contributed by atoms with Crippen molar-refractivity contribution in [2.75, 3.05) is 13.1 Å². The molecule has 1 amide bonds. The molecular weight excluding hydrogens is 262 g/mol. The third-order valence-electron chi connectivity index (χ3n) is 3.54. The molecule has 8 nitrogen and oxygen atoms in total. The maximum Gasteiger partial charge on any atom is 0.307 e. The highest BCUT2D eigenvalue weighted by atomic mass is 16.6. The summed E-state index contributed by atoms with van der Waals surface area (Å²) in [6.07, 6.45) is 4.39. The number of carbonyl (C=O) groups excluding carboxylic acids is 1. The van der Waals surface area contributed by atoms with Crippen molar-refractivity contribution in [2.45, 2.75) is 38.3 Å². The molecule has 2 heterocycles. The van der Waals surface area contributed by atoms with Crippen LogP contribution in [0, 0.1) is 10.1 Å². The molecule has 0 aliphatic carbocycles. The highest BCUT2D eigenvalue weighted by molar-refractivity contribution is 5.83. The summed E-state index contributed by atoms with van der Waals surface area (Å²) in [6.45, 7) is 5.10. The Hall–Kier alpha value is -1.96. The third kappa shape index (κ3) is 2.96. The summed E-state index contributed by atoms with van der Waals surface area (Å²) < 4.78 is 1.33. The van der Waals surface area contributed by atoms with Gasteiger partial charge in [-0.05, 0) is 33.2 Å². The Balaban J connectivity index is 2.07. The fourth-order valence-corrected chi connectivity index (χ4v) is 2.15. The number of hydrogen-bond acceptors (Lipinski definition) is 5. The van der Waals surface area contributed by atoms with Gasteiger partial charge in [-0.25, -0.2) is 0 Å². The summed E-state index contributed by atoms with van der Waals surface area (Å²) in [4.78, 5) is 22.5. The number of amides is 1. The van der Waals surface area contributed by atoms with Crippen LogP contribution in [0.1, 0.15) is 26.7 Å². The van der Waals surface area contributed by atoms with Gasteiger partial charge in [0.05, 0.1) is 4.92 Å². The Morgan fingerprint density at radius 1 is 1.65 bits per heavy atom. The molecule has 110 valence electrons. The average molecular weight is 281 g/mol. The van der Waals surface area contributed by atoms with E-state index in [4.69, 9.17) is 0 Å². The molecule has 0 unspecified atom stereocenters. The zero-order valence-corrected chi connectivity index (χ0v) is 11.6. The first-order valence-corrected chi connectivity index (χ1v) is 6.62. The predicted molar refractivity (Wildman–Crippen MR) is 72.2 cm³/mol. The van der Waals surface area contributed by atoms with Gasteiger partial charge >= 0.3 is 5.69 Å². The highest BCUT2D eigenvalue weighted by Gasteiger charge is 2.33. The molecule has 8 heteroatoms. The highest BCUT2D eigenvalue weighted by Crippen LogP contribution is 2.19. The normalized spacial score (nSPS) is 19.6. The van der Waals surface area contributed by atoms with E-state index >= 15 is 0 Å². The number of nitrogens with one attached hydrogen (secondary N) is 2. The first-order valence-electron chi connectivity index (χ1n) is 6.62. The summed E-state index contributed by atoms with van der Waals surface area (Å²) in [7, 11) is 0. The summed E-state index contributed by atoms with van der Waals surface area (Å²) in [6, 6.07) is 0.0982. The van der Waals surface area contributed by atoms with Crippen LogP contribution in [0.2, 0.25) is 0 Å². The monoisotopic (exact) mass is 281 g/mol. The molecule has 0 saturated carbocycles. The predicted octanol–water partition coefficient (Wildman–Crippen LogP) is 0.395. The zero-order chi connectivity index (χ0) is 14.8. The van der Waals surface area contributed by atoms with E-state index in [0.29, 0.717) is 0 Å². The van der Waals surface area contributed by atoms with Gasteiger partial charge in [0.25, 0.3) is 0 Å². The number of rotatable bonds is 4. The maximum atomic E-state index is 12.3. The van der Waals surface area contributed by atoms with E-state index in [1.54, 1.807) is 13.8 Å². The van der Waals surface area contributed by atoms with E-state index in [2.05, 4.69) is 15.7 Å². The van der Waals surface area contributed by atoms with E-state index in [1.807, 2.05) is 0 Å².